The minimum Gasteiger partial charge on any atom is -0.480 e. The van der Waals surface area contributed by atoms with Gasteiger partial charge in [-0.05, 0) is 19.5 Å². The first-order chi connectivity index (χ1) is 9.58. The van der Waals surface area contributed by atoms with Crippen molar-refractivity contribution in [3.8, 4) is 0 Å². The predicted octanol–water partition coefficient (Wildman–Crippen LogP) is 3.29. The van der Waals surface area contributed by atoms with Crippen LogP contribution < -0.4 is 0 Å². The first kappa shape index (κ1) is 14.6. The number of rotatable bonds is 6. The molecule has 1 heterocycles. The molecular formula is C16H21NO3. The van der Waals surface area contributed by atoms with Gasteiger partial charge < -0.3 is 9.52 Å². The van der Waals surface area contributed by atoms with Crippen molar-refractivity contribution in [2.75, 3.05) is 7.05 Å². The van der Waals surface area contributed by atoms with Crippen LogP contribution in [-0.2, 0) is 17.8 Å². The standard InChI is InChI=1S/C16H21NO3/c1-4-13(16(18)19)17(3)10-12-11-8-6-7-9-15(11)20-14(12)5-2/h6-9,13H,4-5,10H2,1-3H3,(H,18,19)/t13-/m0/s1. The first-order valence-electron chi connectivity index (χ1n) is 7.00. The van der Waals surface area contributed by atoms with Crippen molar-refractivity contribution < 1.29 is 14.3 Å². The molecule has 0 amide bonds. The molecule has 1 aromatic carbocycles. The summed E-state index contributed by atoms with van der Waals surface area (Å²) < 4.78 is 5.85. The third-order valence-corrected chi connectivity index (χ3v) is 3.71. The smallest absolute Gasteiger partial charge is 0.320 e. The summed E-state index contributed by atoms with van der Waals surface area (Å²) in [5.41, 5.74) is 1.97. The molecule has 0 unspecified atom stereocenters. The SMILES string of the molecule is CCc1oc2ccccc2c1CN(C)[C@@H](CC)C(=O)O. The summed E-state index contributed by atoms with van der Waals surface area (Å²) in [6.07, 6.45) is 1.39. The van der Waals surface area contributed by atoms with E-state index in [0.29, 0.717) is 13.0 Å². The van der Waals surface area contributed by atoms with Gasteiger partial charge in [0.1, 0.15) is 17.4 Å². The van der Waals surface area contributed by atoms with Gasteiger partial charge in [0, 0.05) is 23.9 Å². The fraction of sp³-hybridized carbons (Fsp3) is 0.438. The Bertz CT molecular complexity index is 603. The van der Waals surface area contributed by atoms with E-state index >= 15 is 0 Å². The highest BCUT2D eigenvalue weighted by Gasteiger charge is 2.23. The molecule has 20 heavy (non-hydrogen) atoms. The summed E-state index contributed by atoms with van der Waals surface area (Å²) in [4.78, 5) is 13.1. The zero-order chi connectivity index (χ0) is 14.7. The van der Waals surface area contributed by atoms with E-state index in [0.717, 1.165) is 28.7 Å². The van der Waals surface area contributed by atoms with Gasteiger partial charge in [-0.1, -0.05) is 32.0 Å². The third-order valence-electron chi connectivity index (χ3n) is 3.71. The van der Waals surface area contributed by atoms with E-state index < -0.39 is 12.0 Å². The highest BCUT2D eigenvalue weighted by atomic mass is 16.4. The topological polar surface area (TPSA) is 53.7 Å². The Morgan fingerprint density at radius 2 is 2.05 bits per heavy atom. The lowest BCUT2D eigenvalue weighted by atomic mass is 10.1. The van der Waals surface area contributed by atoms with Crippen molar-refractivity contribution in [1.29, 1.82) is 0 Å². The fourth-order valence-corrected chi connectivity index (χ4v) is 2.64. The zero-order valence-corrected chi connectivity index (χ0v) is 12.2. The predicted molar refractivity (Wildman–Crippen MR) is 78.8 cm³/mol. The van der Waals surface area contributed by atoms with Crippen molar-refractivity contribution >= 4 is 16.9 Å². The van der Waals surface area contributed by atoms with Crippen molar-refractivity contribution in [1.82, 2.24) is 4.90 Å². The Morgan fingerprint density at radius 3 is 2.65 bits per heavy atom. The number of carboxylic acid groups (broad SMARTS) is 1. The van der Waals surface area contributed by atoms with E-state index in [1.165, 1.54) is 0 Å². The molecule has 108 valence electrons. The molecule has 0 aliphatic carbocycles. The summed E-state index contributed by atoms with van der Waals surface area (Å²) in [6, 6.07) is 7.45. The molecule has 4 heteroatoms. The Balaban J connectivity index is 2.35. The van der Waals surface area contributed by atoms with Gasteiger partial charge in [-0.3, -0.25) is 9.69 Å². The van der Waals surface area contributed by atoms with Gasteiger partial charge >= 0.3 is 5.97 Å². The lowest BCUT2D eigenvalue weighted by molar-refractivity contribution is -0.143. The largest absolute Gasteiger partial charge is 0.480 e. The van der Waals surface area contributed by atoms with Gasteiger partial charge in [-0.15, -0.1) is 0 Å². The Hall–Kier alpha value is -1.81. The van der Waals surface area contributed by atoms with Crippen molar-refractivity contribution in [3.63, 3.8) is 0 Å². The summed E-state index contributed by atoms with van der Waals surface area (Å²) in [5.74, 6) is 0.166. The minimum atomic E-state index is -0.777. The highest BCUT2D eigenvalue weighted by molar-refractivity contribution is 5.82. The molecule has 0 aliphatic rings. The van der Waals surface area contributed by atoms with Gasteiger partial charge in [-0.2, -0.15) is 0 Å². The van der Waals surface area contributed by atoms with Gasteiger partial charge in [0.25, 0.3) is 0 Å². The van der Waals surface area contributed by atoms with Gasteiger partial charge in [0.15, 0.2) is 0 Å². The number of aryl methyl sites for hydroxylation is 1. The van der Waals surface area contributed by atoms with Crippen LogP contribution in [0.1, 0.15) is 31.6 Å². The normalized spacial score (nSPS) is 13.0. The van der Waals surface area contributed by atoms with Crippen LogP contribution in [0.2, 0.25) is 0 Å². The second kappa shape index (κ2) is 6.09. The molecule has 1 aromatic heterocycles. The number of hydrogen-bond donors (Lipinski definition) is 1. The van der Waals surface area contributed by atoms with Crippen LogP contribution >= 0.6 is 0 Å². The number of furan rings is 1. The molecule has 1 atom stereocenters. The number of fused-ring (bicyclic) bond motifs is 1. The lowest BCUT2D eigenvalue weighted by Gasteiger charge is -2.23. The molecule has 0 radical (unpaired) electrons. The van der Waals surface area contributed by atoms with E-state index in [2.05, 4.69) is 6.92 Å². The maximum atomic E-state index is 11.3. The van der Waals surface area contributed by atoms with E-state index in [4.69, 9.17) is 4.42 Å². The van der Waals surface area contributed by atoms with Crippen LogP contribution in [0.15, 0.2) is 28.7 Å². The summed E-state index contributed by atoms with van der Waals surface area (Å²) in [6.45, 7) is 4.53. The van der Waals surface area contributed by atoms with Crippen molar-refractivity contribution in [2.45, 2.75) is 39.3 Å². The Morgan fingerprint density at radius 1 is 1.35 bits per heavy atom. The van der Waals surface area contributed by atoms with Crippen LogP contribution in [0.4, 0.5) is 0 Å². The van der Waals surface area contributed by atoms with Crippen molar-refractivity contribution in [3.05, 3.63) is 35.6 Å². The third kappa shape index (κ3) is 2.70. The van der Waals surface area contributed by atoms with Gasteiger partial charge in [-0.25, -0.2) is 0 Å². The average Bonchev–Trinajstić information content (AvgIpc) is 2.77. The number of aliphatic carboxylic acids is 1. The quantitative estimate of drug-likeness (QED) is 0.879. The summed E-state index contributed by atoms with van der Waals surface area (Å²) in [7, 11) is 1.85. The highest BCUT2D eigenvalue weighted by Crippen LogP contribution is 2.27. The number of para-hydroxylation sites is 1. The number of benzene rings is 1. The van der Waals surface area contributed by atoms with E-state index in [1.807, 2.05) is 43.1 Å². The van der Waals surface area contributed by atoms with Gasteiger partial charge in [0.2, 0.25) is 0 Å². The van der Waals surface area contributed by atoms with Crippen LogP contribution in [0, 0.1) is 0 Å². The molecule has 0 saturated carbocycles. The average molecular weight is 275 g/mol. The van der Waals surface area contributed by atoms with Crippen LogP contribution in [0.5, 0.6) is 0 Å². The maximum absolute atomic E-state index is 11.3. The number of likely N-dealkylation sites (N-methyl/N-ethyl adjacent to an activating group) is 1. The fourth-order valence-electron chi connectivity index (χ4n) is 2.64. The van der Waals surface area contributed by atoms with Crippen LogP contribution in [-0.4, -0.2) is 29.1 Å². The Labute approximate surface area is 119 Å². The van der Waals surface area contributed by atoms with E-state index in [-0.39, 0.29) is 0 Å². The molecule has 2 rings (SSSR count). The van der Waals surface area contributed by atoms with Gasteiger partial charge in [0.05, 0.1) is 0 Å². The second-order valence-electron chi connectivity index (χ2n) is 5.03. The molecular weight excluding hydrogens is 254 g/mol. The molecule has 4 nitrogen and oxygen atoms in total. The molecule has 0 fully saturated rings. The number of hydrogen-bond acceptors (Lipinski definition) is 3. The summed E-state index contributed by atoms with van der Waals surface area (Å²) >= 11 is 0. The van der Waals surface area contributed by atoms with E-state index in [9.17, 15) is 9.90 Å². The van der Waals surface area contributed by atoms with Crippen LogP contribution in [0.3, 0.4) is 0 Å². The van der Waals surface area contributed by atoms with Crippen LogP contribution in [0.25, 0.3) is 11.0 Å². The molecule has 2 aromatic rings. The number of nitrogens with zero attached hydrogens (tertiary/aromatic N) is 1. The zero-order valence-electron chi connectivity index (χ0n) is 12.2. The minimum absolute atomic E-state index is 0.464. The molecule has 0 aliphatic heterocycles. The molecule has 1 N–H and O–H groups in total. The maximum Gasteiger partial charge on any atom is 0.320 e. The number of carboxylic acids is 1. The molecule has 0 spiro atoms. The Kier molecular flexibility index (Phi) is 4.45. The first-order valence-corrected chi connectivity index (χ1v) is 7.00. The monoisotopic (exact) mass is 275 g/mol. The number of carbonyl (C=O) groups is 1. The second-order valence-corrected chi connectivity index (χ2v) is 5.03. The van der Waals surface area contributed by atoms with E-state index in [1.54, 1.807) is 0 Å². The van der Waals surface area contributed by atoms with Crippen molar-refractivity contribution in [2.24, 2.45) is 0 Å². The molecule has 0 saturated heterocycles. The molecule has 0 bridgehead atoms. The lowest BCUT2D eigenvalue weighted by Crippen LogP contribution is -2.37. The summed E-state index contributed by atoms with van der Waals surface area (Å²) in [5, 5.41) is 10.3.